The van der Waals surface area contributed by atoms with Crippen LogP contribution in [0.25, 0.3) is 5.65 Å². The van der Waals surface area contributed by atoms with E-state index < -0.39 is 0 Å². The van der Waals surface area contributed by atoms with Crippen molar-refractivity contribution in [3.05, 3.63) is 28.6 Å². The molecule has 2 N–H and O–H groups in total. The Kier molecular flexibility index (Phi) is 3.37. The van der Waals surface area contributed by atoms with Crippen molar-refractivity contribution in [2.45, 2.75) is 45.6 Å². The SMILES string of the molecule is CC1C(N)CCC(c2nnc3ccc(Br)cn23)C1(C)C. The lowest BCUT2D eigenvalue weighted by molar-refractivity contribution is 0.0943. The molecule has 20 heavy (non-hydrogen) atoms. The molecule has 0 aliphatic heterocycles. The molecular formula is C15H21BrN4. The van der Waals surface area contributed by atoms with E-state index in [1.54, 1.807) is 0 Å². The van der Waals surface area contributed by atoms with Crippen molar-refractivity contribution in [1.29, 1.82) is 0 Å². The smallest absolute Gasteiger partial charge is 0.160 e. The highest BCUT2D eigenvalue weighted by molar-refractivity contribution is 9.10. The van der Waals surface area contributed by atoms with Gasteiger partial charge in [-0.25, -0.2) is 0 Å². The van der Waals surface area contributed by atoms with Gasteiger partial charge in [0.25, 0.3) is 0 Å². The Labute approximate surface area is 127 Å². The molecule has 1 aliphatic rings. The van der Waals surface area contributed by atoms with Crippen LogP contribution in [0.15, 0.2) is 22.8 Å². The first-order valence-electron chi connectivity index (χ1n) is 7.17. The van der Waals surface area contributed by atoms with E-state index in [-0.39, 0.29) is 11.5 Å². The fourth-order valence-electron chi connectivity index (χ4n) is 3.43. The number of fused-ring (bicyclic) bond motifs is 1. The molecule has 1 saturated carbocycles. The van der Waals surface area contributed by atoms with E-state index in [2.05, 4.69) is 57.5 Å². The van der Waals surface area contributed by atoms with Crippen LogP contribution in [0.2, 0.25) is 0 Å². The third kappa shape index (κ3) is 2.07. The Bertz CT molecular complexity index is 634. The number of pyridine rings is 1. The molecule has 3 unspecified atom stereocenters. The third-order valence-electron chi connectivity index (χ3n) is 5.21. The summed E-state index contributed by atoms with van der Waals surface area (Å²) in [7, 11) is 0. The minimum absolute atomic E-state index is 0.128. The van der Waals surface area contributed by atoms with Crippen LogP contribution in [-0.4, -0.2) is 20.6 Å². The third-order valence-corrected chi connectivity index (χ3v) is 5.68. The first-order chi connectivity index (χ1) is 9.41. The number of halogens is 1. The van der Waals surface area contributed by atoms with Gasteiger partial charge < -0.3 is 5.73 Å². The van der Waals surface area contributed by atoms with E-state index in [4.69, 9.17) is 5.73 Å². The summed E-state index contributed by atoms with van der Waals surface area (Å²) in [6, 6.07) is 4.27. The summed E-state index contributed by atoms with van der Waals surface area (Å²) in [6.07, 6.45) is 4.18. The quantitative estimate of drug-likeness (QED) is 0.868. The average Bonchev–Trinajstić information content (AvgIpc) is 2.79. The Morgan fingerprint density at radius 1 is 1.30 bits per heavy atom. The lowest BCUT2D eigenvalue weighted by Crippen LogP contribution is -2.46. The van der Waals surface area contributed by atoms with Crippen molar-refractivity contribution in [3.8, 4) is 0 Å². The zero-order valence-electron chi connectivity index (χ0n) is 12.2. The Balaban J connectivity index is 2.08. The predicted octanol–water partition coefficient (Wildman–Crippen LogP) is 3.36. The number of nitrogens with two attached hydrogens (primary N) is 1. The number of hydrogen-bond donors (Lipinski definition) is 1. The van der Waals surface area contributed by atoms with Crippen LogP contribution in [0, 0.1) is 11.3 Å². The zero-order chi connectivity index (χ0) is 14.5. The Morgan fingerprint density at radius 2 is 2.05 bits per heavy atom. The molecule has 0 radical (unpaired) electrons. The number of nitrogens with zero attached hydrogens (tertiary/aromatic N) is 3. The second kappa shape index (κ2) is 4.81. The lowest BCUT2D eigenvalue weighted by Gasteiger charge is -2.46. The van der Waals surface area contributed by atoms with Gasteiger partial charge in [0.1, 0.15) is 5.82 Å². The molecule has 0 bridgehead atoms. The molecule has 0 spiro atoms. The topological polar surface area (TPSA) is 56.2 Å². The number of aromatic nitrogens is 3. The van der Waals surface area contributed by atoms with Gasteiger partial charge in [-0.15, -0.1) is 10.2 Å². The van der Waals surface area contributed by atoms with Crippen molar-refractivity contribution in [2.75, 3.05) is 0 Å². The second-order valence-electron chi connectivity index (χ2n) is 6.54. The molecular weight excluding hydrogens is 316 g/mol. The molecule has 3 atom stereocenters. The average molecular weight is 337 g/mol. The van der Waals surface area contributed by atoms with E-state index in [0.29, 0.717) is 11.8 Å². The maximum atomic E-state index is 6.26. The number of hydrogen-bond acceptors (Lipinski definition) is 3. The highest BCUT2D eigenvalue weighted by Gasteiger charge is 2.44. The fraction of sp³-hybridized carbons (Fsp3) is 0.600. The van der Waals surface area contributed by atoms with Gasteiger partial charge in [0.2, 0.25) is 0 Å². The van der Waals surface area contributed by atoms with Crippen LogP contribution in [0.1, 0.15) is 45.4 Å². The molecule has 5 heteroatoms. The largest absolute Gasteiger partial charge is 0.327 e. The van der Waals surface area contributed by atoms with Crippen LogP contribution in [0.3, 0.4) is 0 Å². The molecule has 0 saturated heterocycles. The van der Waals surface area contributed by atoms with E-state index in [1.807, 2.05) is 12.1 Å². The highest BCUT2D eigenvalue weighted by Crippen LogP contribution is 2.49. The maximum absolute atomic E-state index is 6.26. The van der Waals surface area contributed by atoms with Crippen LogP contribution in [0.4, 0.5) is 0 Å². The van der Waals surface area contributed by atoms with E-state index in [1.165, 1.54) is 0 Å². The minimum Gasteiger partial charge on any atom is -0.327 e. The molecule has 0 aromatic carbocycles. The summed E-state index contributed by atoms with van der Waals surface area (Å²) in [6.45, 7) is 6.87. The predicted molar refractivity (Wildman–Crippen MR) is 83.6 cm³/mol. The summed E-state index contributed by atoms with van der Waals surface area (Å²) in [5.74, 6) is 1.92. The van der Waals surface area contributed by atoms with Crippen LogP contribution >= 0.6 is 15.9 Å². The van der Waals surface area contributed by atoms with Crippen LogP contribution in [0.5, 0.6) is 0 Å². The standard InChI is InChI=1S/C15H21BrN4/c1-9-12(17)6-5-11(15(9,2)3)14-19-18-13-7-4-10(16)8-20(13)14/h4,7-9,11-12H,5-6,17H2,1-3H3. The molecule has 4 nitrogen and oxygen atoms in total. The number of rotatable bonds is 1. The van der Waals surface area contributed by atoms with Crippen molar-refractivity contribution in [3.63, 3.8) is 0 Å². The Hall–Kier alpha value is -0.940. The molecule has 0 amide bonds. The summed E-state index contributed by atoms with van der Waals surface area (Å²) in [4.78, 5) is 0. The van der Waals surface area contributed by atoms with E-state index in [9.17, 15) is 0 Å². The van der Waals surface area contributed by atoms with Gasteiger partial charge in [-0.1, -0.05) is 20.8 Å². The van der Waals surface area contributed by atoms with Gasteiger partial charge in [0, 0.05) is 22.6 Å². The van der Waals surface area contributed by atoms with E-state index in [0.717, 1.165) is 28.8 Å². The van der Waals surface area contributed by atoms with Crippen molar-refractivity contribution >= 4 is 21.6 Å². The molecule has 2 heterocycles. The van der Waals surface area contributed by atoms with Crippen LogP contribution in [-0.2, 0) is 0 Å². The summed E-state index contributed by atoms with van der Waals surface area (Å²) in [5.41, 5.74) is 7.29. The summed E-state index contributed by atoms with van der Waals surface area (Å²) in [5, 5.41) is 8.77. The lowest BCUT2D eigenvalue weighted by atomic mass is 9.61. The monoisotopic (exact) mass is 336 g/mol. The summed E-state index contributed by atoms with van der Waals surface area (Å²) >= 11 is 3.53. The van der Waals surface area contributed by atoms with Crippen molar-refractivity contribution in [2.24, 2.45) is 17.1 Å². The first kappa shape index (κ1) is 14.0. The molecule has 3 rings (SSSR count). The molecule has 2 aromatic heterocycles. The highest BCUT2D eigenvalue weighted by atomic mass is 79.9. The zero-order valence-corrected chi connectivity index (χ0v) is 13.8. The molecule has 2 aromatic rings. The van der Waals surface area contributed by atoms with Gasteiger partial charge in [-0.3, -0.25) is 4.40 Å². The van der Waals surface area contributed by atoms with Gasteiger partial charge in [0.15, 0.2) is 5.65 Å². The van der Waals surface area contributed by atoms with Gasteiger partial charge in [0.05, 0.1) is 0 Å². The maximum Gasteiger partial charge on any atom is 0.160 e. The molecule has 1 fully saturated rings. The molecule has 1 aliphatic carbocycles. The van der Waals surface area contributed by atoms with Gasteiger partial charge in [-0.05, 0) is 52.2 Å². The van der Waals surface area contributed by atoms with Gasteiger partial charge in [-0.2, -0.15) is 0 Å². The normalized spacial score (nSPS) is 29.8. The van der Waals surface area contributed by atoms with Gasteiger partial charge >= 0.3 is 0 Å². The van der Waals surface area contributed by atoms with Crippen molar-refractivity contribution in [1.82, 2.24) is 14.6 Å². The first-order valence-corrected chi connectivity index (χ1v) is 7.96. The second-order valence-corrected chi connectivity index (χ2v) is 7.45. The fourth-order valence-corrected chi connectivity index (χ4v) is 3.77. The van der Waals surface area contributed by atoms with Crippen molar-refractivity contribution < 1.29 is 0 Å². The Morgan fingerprint density at radius 3 is 2.80 bits per heavy atom. The minimum atomic E-state index is 0.128. The van der Waals surface area contributed by atoms with Crippen LogP contribution < -0.4 is 5.73 Å². The van der Waals surface area contributed by atoms with E-state index >= 15 is 0 Å². The summed E-state index contributed by atoms with van der Waals surface area (Å²) < 4.78 is 3.16. The molecule has 108 valence electrons.